The van der Waals surface area contributed by atoms with Crippen molar-refractivity contribution < 1.29 is 9.15 Å². The van der Waals surface area contributed by atoms with Crippen LogP contribution in [0.3, 0.4) is 0 Å². The Morgan fingerprint density at radius 1 is 1.33 bits per heavy atom. The summed E-state index contributed by atoms with van der Waals surface area (Å²) in [5, 5.41) is 6.63. The largest absolute Gasteiger partial charge is 0.493 e. The van der Waals surface area contributed by atoms with Crippen LogP contribution in [0.2, 0.25) is 0 Å². The molecule has 1 heterocycles. The molecule has 0 spiro atoms. The van der Waals surface area contributed by atoms with E-state index in [1.54, 1.807) is 0 Å². The Morgan fingerprint density at radius 2 is 2.17 bits per heavy atom. The van der Waals surface area contributed by atoms with E-state index in [1.807, 2.05) is 24.3 Å². The average molecular weight is 264 g/mol. The predicted molar refractivity (Wildman–Crippen MR) is 72.1 cm³/mol. The molecule has 0 saturated heterocycles. The molecular weight excluding hydrogens is 248 g/mol. The van der Waals surface area contributed by atoms with Gasteiger partial charge in [0.15, 0.2) is 0 Å². The van der Waals surface area contributed by atoms with Crippen molar-refractivity contribution in [2.24, 2.45) is 0 Å². The van der Waals surface area contributed by atoms with Crippen molar-refractivity contribution in [2.45, 2.75) is 26.2 Å². The number of ether oxygens (including phenoxy) is 1. The van der Waals surface area contributed by atoms with Gasteiger partial charge in [-0.25, -0.2) is 5.10 Å². The Morgan fingerprint density at radius 3 is 2.89 bits per heavy atom. The van der Waals surface area contributed by atoms with Gasteiger partial charge in [-0.3, -0.25) is 0 Å². The molecule has 5 heteroatoms. The Labute approximate surface area is 111 Å². The van der Waals surface area contributed by atoms with Crippen LogP contribution in [0.5, 0.6) is 5.75 Å². The molecule has 0 unspecified atom stereocenters. The lowest BCUT2D eigenvalue weighted by molar-refractivity contribution is 0.306. The summed E-state index contributed by atoms with van der Waals surface area (Å²) in [4.78, 5) is 0.269. The summed E-state index contributed by atoms with van der Waals surface area (Å²) in [5.74, 6) is 1.24. The third kappa shape index (κ3) is 3.20. The number of nitrogens with one attached hydrogen (secondary N) is 1. The summed E-state index contributed by atoms with van der Waals surface area (Å²) in [7, 11) is 0. The topological polar surface area (TPSA) is 51.0 Å². The van der Waals surface area contributed by atoms with E-state index in [9.17, 15) is 0 Å². The quantitative estimate of drug-likeness (QED) is 0.633. The molecule has 0 aliphatic carbocycles. The Kier molecular flexibility index (Phi) is 4.52. The van der Waals surface area contributed by atoms with Crippen LogP contribution in [0.15, 0.2) is 28.7 Å². The summed E-state index contributed by atoms with van der Waals surface area (Å²) in [6.07, 6.45) is 3.40. The summed E-state index contributed by atoms with van der Waals surface area (Å²) in [6, 6.07) is 7.67. The number of hydrogen-bond acceptors (Lipinski definition) is 4. The van der Waals surface area contributed by atoms with E-state index in [1.165, 1.54) is 12.8 Å². The first-order valence-corrected chi connectivity index (χ1v) is 6.50. The number of aromatic amines is 1. The van der Waals surface area contributed by atoms with Gasteiger partial charge in [0.05, 0.1) is 12.2 Å². The molecule has 96 valence electrons. The second-order valence-electron chi connectivity index (χ2n) is 3.97. The molecule has 2 aromatic rings. The maximum Gasteiger partial charge on any atom is 0.284 e. The van der Waals surface area contributed by atoms with Gasteiger partial charge in [-0.2, -0.15) is 0 Å². The number of unbranched alkanes of at least 4 members (excludes halogenated alkanes) is 2. The van der Waals surface area contributed by atoms with Gasteiger partial charge in [0.25, 0.3) is 4.84 Å². The molecule has 1 aromatic heterocycles. The second kappa shape index (κ2) is 6.35. The molecule has 0 bridgehead atoms. The molecular formula is C13H16N2O2S. The number of benzene rings is 1. The van der Waals surface area contributed by atoms with Gasteiger partial charge >= 0.3 is 0 Å². The van der Waals surface area contributed by atoms with Crippen LogP contribution in [-0.4, -0.2) is 16.8 Å². The fourth-order valence-electron chi connectivity index (χ4n) is 1.65. The van der Waals surface area contributed by atoms with Crippen LogP contribution in [0.1, 0.15) is 26.2 Å². The van der Waals surface area contributed by atoms with Crippen LogP contribution in [0, 0.1) is 4.84 Å². The summed E-state index contributed by atoms with van der Waals surface area (Å²) >= 11 is 4.87. The first-order chi connectivity index (χ1) is 8.81. The number of rotatable bonds is 6. The van der Waals surface area contributed by atoms with Crippen LogP contribution in [0.4, 0.5) is 0 Å². The monoisotopic (exact) mass is 264 g/mol. The van der Waals surface area contributed by atoms with Gasteiger partial charge in [-0.15, -0.1) is 5.10 Å². The van der Waals surface area contributed by atoms with Crippen molar-refractivity contribution in [3.63, 3.8) is 0 Å². The Balaban J connectivity index is 2.13. The van der Waals surface area contributed by atoms with Crippen molar-refractivity contribution in [1.29, 1.82) is 0 Å². The molecule has 2 rings (SSSR count). The standard InChI is InChI=1S/C13H16N2O2S/c1-2-3-6-9-16-11-8-5-4-7-10(11)12-14-15-13(18)17-12/h4-5,7-8H,2-3,6,9H2,1H3,(H,15,18). The SMILES string of the molecule is CCCCCOc1ccccc1-c1n[nH]c(=S)o1. The van der Waals surface area contributed by atoms with E-state index in [0.29, 0.717) is 12.5 Å². The van der Waals surface area contributed by atoms with Gasteiger partial charge in [-0.05, 0) is 30.8 Å². The van der Waals surface area contributed by atoms with Crippen molar-refractivity contribution in [1.82, 2.24) is 10.2 Å². The molecule has 1 N–H and O–H groups in total. The molecule has 0 atom stereocenters. The molecule has 0 fully saturated rings. The zero-order valence-corrected chi connectivity index (χ0v) is 11.1. The van der Waals surface area contributed by atoms with Crippen molar-refractivity contribution >= 4 is 12.2 Å². The molecule has 4 nitrogen and oxygen atoms in total. The molecule has 0 saturated carbocycles. The highest BCUT2D eigenvalue weighted by Crippen LogP contribution is 2.28. The zero-order valence-electron chi connectivity index (χ0n) is 10.3. The van der Waals surface area contributed by atoms with Gasteiger partial charge in [0.1, 0.15) is 5.75 Å². The fourth-order valence-corrected chi connectivity index (χ4v) is 1.77. The highest BCUT2D eigenvalue weighted by molar-refractivity contribution is 7.71. The van der Waals surface area contributed by atoms with Crippen molar-refractivity contribution in [3.8, 4) is 17.2 Å². The summed E-state index contributed by atoms with van der Waals surface area (Å²) in [5.41, 5.74) is 0.821. The normalized spacial score (nSPS) is 10.5. The Hall–Kier alpha value is -1.62. The van der Waals surface area contributed by atoms with E-state index in [-0.39, 0.29) is 4.84 Å². The second-order valence-corrected chi connectivity index (χ2v) is 4.34. The molecule has 0 amide bonds. The molecule has 0 radical (unpaired) electrons. The number of para-hydroxylation sites is 1. The third-order valence-electron chi connectivity index (χ3n) is 2.56. The van der Waals surface area contributed by atoms with Crippen LogP contribution < -0.4 is 4.74 Å². The molecule has 1 aromatic carbocycles. The smallest absolute Gasteiger partial charge is 0.284 e. The first-order valence-electron chi connectivity index (χ1n) is 6.09. The van der Waals surface area contributed by atoms with Crippen molar-refractivity contribution in [2.75, 3.05) is 6.61 Å². The van der Waals surface area contributed by atoms with E-state index >= 15 is 0 Å². The third-order valence-corrected chi connectivity index (χ3v) is 2.74. The first kappa shape index (κ1) is 12.8. The van der Waals surface area contributed by atoms with E-state index in [0.717, 1.165) is 17.7 Å². The maximum absolute atomic E-state index is 5.75. The van der Waals surface area contributed by atoms with Crippen molar-refractivity contribution in [3.05, 3.63) is 29.1 Å². The summed E-state index contributed by atoms with van der Waals surface area (Å²) < 4.78 is 11.1. The highest BCUT2D eigenvalue weighted by Gasteiger charge is 2.10. The van der Waals surface area contributed by atoms with Crippen LogP contribution in [0.25, 0.3) is 11.5 Å². The minimum atomic E-state index is 0.269. The van der Waals surface area contributed by atoms with Crippen LogP contribution in [-0.2, 0) is 0 Å². The lowest BCUT2D eigenvalue weighted by atomic mass is 10.2. The average Bonchev–Trinajstić information content (AvgIpc) is 2.82. The van der Waals surface area contributed by atoms with E-state index in [4.69, 9.17) is 21.4 Å². The maximum atomic E-state index is 5.75. The molecule has 18 heavy (non-hydrogen) atoms. The lowest BCUT2D eigenvalue weighted by Gasteiger charge is -2.08. The number of nitrogens with zero attached hydrogens (tertiary/aromatic N) is 1. The highest BCUT2D eigenvalue weighted by atomic mass is 32.1. The predicted octanol–water partition coefficient (Wildman–Crippen LogP) is 3.97. The molecule has 0 aliphatic heterocycles. The van der Waals surface area contributed by atoms with Gasteiger partial charge in [0.2, 0.25) is 5.89 Å². The van der Waals surface area contributed by atoms with E-state index < -0.39 is 0 Å². The summed E-state index contributed by atoms with van der Waals surface area (Å²) in [6.45, 7) is 2.87. The van der Waals surface area contributed by atoms with Crippen LogP contribution >= 0.6 is 12.2 Å². The van der Waals surface area contributed by atoms with Gasteiger partial charge in [0, 0.05) is 0 Å². The minimum Gasteiger partial charge on any atom is -0.493 e. The van der Waals surface area contributed by atoms with Gasteiger partial charge in [-0.1, -0.05) is 31.9 Å². The number of H-pyrrole nitrogens is 1. The number of aromatic nitrogens is 2. The lowest BCUT2D eigenvalue weighted by Crippen LogP contribution is -1.98. The molecule has 0 aliphatic rings. The fraction of sp³-hybridized carbons (Fsp3) is 0.385. The minimum absolute atomic E-state index is 0.269. The van der Waals surface area contributed by atoms with Gasteiger partial charge < -0.3 is 9.15 Å². The zero-order chi connectivity index (χ0) is 12.8. The number of hydrogen-bond donors (Lipinski definition) is 1. The van der Waals surface area contributed by atoms with E-state index in [2.05, 4.69) is 17.1 Å². The Bertz CT molecular complexity index is 548.